The van der Waals surface area contributed by atoms with E-state index in [0.717, 1.165) is 50.0 Å². The van der Waals surface area contributed by atoms with Crippen molar-refractivity contribution in [2.24, 2.45) is 10.7 Å². The number of nitrogens with zero attached hydrogens (tertiary/aromatic N) is 3. The number of nitrogens with two attached hydrogens (primary N) is 1. The highest BCUT2D eigenvalue weighted by Crippen LogP contribution is 2.51. The first-order valence-electron chi connectivity index (χ1n) is 10.8. The molecule has 2 aliphatic rings. The third-order valence-electron chi connectivity index (χ3n) is 6.06. The summed E-state index contributed by atoms with van der Waals surface area (Å²) in [6, 6.07) is 20.1. The molecule has 2 aromatic heterocycles. The van der Waals surface area contributed by atoms with E-state index in [0.29, 0.717) is 17.5 Å². The number of thioether (sulfide) groups is 1. The molecule has 0 bridgehead atoms. The van der Waals surface area contributed by atoms with Crippen LogP contribution in [0, 0.1) is 0 Å². The van der Waals surface area contributed by atoms with Gasteiger partial charge >= 0.3 is 0 Å². The molecule has 7 nitrogen and oxygen atoms in total. The van der Waals surface area contributed by atoms with Crippen molar-refractivity contribution >= 4 is 23.3 Å². The van der Waals surface area contributed by atoms with Gasteiger partial charge in [0.1, 0.15) is 17.8 Å². The second kappa shape index (κ2) is 8.39. The molecule has 0 radical (unpaired) electrons. The highest BCUT2D eigenvalue weighted by molar-refractivity contribution is 7.98. The van der Waals surface area contributed by atoms with E-state index in [2.05, 4.69) is 33.4 Å². The van der Waals surface area contributed by atoms with Crippen molar-refractivity contribution in [3.8, 4) is 22.9 Å². The van der Waals surface area contributed by atoms with Crippen molar-refractivity contribution in [1.82, 2.24) is 15.2 Å². The topological polar surface area (TPSA) is 98.4 Å². The van der Waals surface area contributed by atoms with Gasteiger partial charge in [-0.05, 0) is 29.3 Å². The Morgan fingerprint density at radius 3 is 2.74 bits per heavy atom. The van der Waals surface area contributed by atoms with Gasteiger partial charge in [0.15, 0.2) is 0 Å². The van der Waals surface area contributed by atoms with Crippen LogP contribution in [0.3, 0.4) is 0 Å². The number of aromatic amines is 1. The molecule has 8 heteroatoms. The van der Waals surface area contributed by atoms with Crippen LogP contribution in [0.25, 0.3) is 11.3 Å². The second-order valence-corrected chi connectivity index (χ2v) is 8.94. The maximum atomic E-state index is 6.50. The molecule has 6 rings (SSSR count). The van der Waals surface area contributed by atoms with E-state index in [9.17, 15) is 0 Å². The van der Waals surface area contributed by atoms with Gasteiger partial charge in [-0.25, -0.2) is 9.98 Å². The third-order valence-corrected chi connectivity index (χ3v) is 7.03. The van der Waals surface area contributed by atoms with Crippen LogP contribution in [0.15, 0.2) is 88.7 Å². The van der Waals surface area contributed by atoms with Gasteiger partial charge in [0.2, 0.25) is 5.88 Å². The van der Waals surface area contributed by atoms with Crippen molar-refractivity contribution in [3.63, 3.8) is 0 Å². The summed E-state index contributed by atoms with van der Waals surface area (Å²) >= 11 is 1.63. The second-order valence-electron chi connectivity index (χ2n) is 7.95. The smallest absolute Gasteiger partial charge is 0.242 e. The van der Waals surface area contributed by atoms with E-state index in [1.807, 2.05) is 42.5 Å². The average molecular weight is 468 g/mol. The number of aliphatic imine (C=N–C) groups is 1. The number of H-pyrrole nitrogens is 1. The Balaban J connectivity index is 1.50. The van der Waals surface area contributed by atoms with E-state index < -0.39 is 0 Å². The molecular formula is C26H21N5O2S. The number of benzene rings is 2. The fourth-order valence-corrected chi connectivity index (χ4v) is 5.37. The summed E-state index contributed by atoms with van der Waals surface area (Å²) < 4.78 is 11.6. The zero-order chi connectivity index (χ0) is 23.1. The number of rotatable bonds is 5. The molecule has 1 atom stereocenters. The van der Waals surface area contributed by atoms with Gasteiger partial charge in [0.05, 0.1) is 35.0 Å². The summed E-state index contributed by atoms with van der Waals surface area (Å²) in [5.41, 5.74) is 13.1. The lowest BCUT2D eigenvalue weighted by molar-refractivity contribution is 0.411. The lowest BCUT2D eigenvalue weighted by Gasteiger charge is -2.30. The van der Waals surface area contributed by atoms with Gasteiger partial charge in [-0.2, -0.15) is 0 Å². The monoisotopic (exact) mass is 467 g/mol. The standard InChI is InChI=1S/C26H21N5O2S/c1-32-19-11-10-16-21-17(13-33-26-22(21)23(30-31-26)15-7-3-2-4-8-15)25(27)29-24(16)18(19)14-34-20-9-5-6-12-28-20/h2-13,21H,14H2,1H3,(H2,27,29)(H,30,31)/t21-/m0/s1. The largest absolute Gasteiger partial charge is 0.496 e. The number of aromatic nitrogens is 3. The van der Waals surface area contributed by atoms with Crippen LogP contribution in [0.5, 0.6) is 11.6 Å². The van der Waals surface area contributed by atoms with E-state index in [-0.39, 0.29) is 5.92 Å². The lowest BCUT2D eigenvalue weighted by atomic mass is 9.79. The maximum Gasteiger partial charge on any atom is 0.242 e. The predicted octanol–water partition coefficient (Wildman–Crippen LogP) is 5.18. The summed E-state index contributed by atoms with van der Waals surface area (Å²) in [7, 11) is 1.67. The fraction of sp³-hybridized carbons (Fsp3) is 0.115. The zero-order valence-corrected chi connectivity index (χ0v) is 19.2. The summed E-state index contributed by atoms with van der Waals surface area (Å²) in [5, 5.41) is 8.55. The van der Waals surface area contributed by atoms with E-state index in [4.69, 9.17) is 20.2 Å². The number of hydrogen-bond acceptors (Lipinski definition) is 7. The van der Waals surface area contributed by atoms with Crippen LogP contribution in [0.1, 0.15) is 22.6 Å². The molecule has 3 N–H and O–H groups in total. The molecule has 34 heavy (non-hydrogen) atoms. The highest BCUT2D eigenvalue weighted by Gasteiger charge is 2.38. The van der Waals surface area contributed by atoms with Crippen LogP contribution in [0.2, 0.25) is 0 Å². The van der Waals surface area contributed by atoms with E-state index in [1.54, 1.807) is 31.3 Å². The van der Waals surface area contributed by atoms with Gasteiger partial charge in [-0.3, -0.25) is 5.10 Å². The average Bonchev–Trinajstić information content (AvgIpc) is 3.33. The molecule has 2 aromatic carbocycles. The number of ether oxygens (including phenoxy) is 2. The molecule has 0 fully saturated rings. The number of hydrogen-bond donors (Lipinski definition) is 2. The molecule has 0 unspecified atom stereocenters. The van der Waals surface area contributed by atoms with Gasteiger partial charge in [-0.15, -0.1) is 16.9 Å². The van der Waals surface area contributed by atoms with Crippen molar-refractivity contribution in [3.05, 3.63) is 95.4 Å². The maximum absolute atomic E-state index is 6.50. The minimum atomic E-state index is -0.158. The van der Waals surface area contributed by atoms with Crippen molar-refractivity contribution in [2.45, 2.75) is 16.7 Å². The van der Waals surface area contributed by atoms with Crippen LogP contribution < -0.4 is 15.2 Å². The Labute approximate surface area is 200 Å². The molecule has 0 amide bonds. The Kier molecular flexibility index (Phi) is 5.07. The van der Waals surface area contributed by atoms with Gasteiger partial charge < -0.3 is 15.2 Å². The molecule has 2 aliphatic heterocycles. The summed E-state index contributed by atoms with van der Waals surface area (Å²) in [6.07, 6.45) is 3.46. The Morgan fingerprint density at radius 2 is 1.94 bits per heavy atom. The van der Waals surface area contributed by atoms with Crippen LogP contribution in [0.4, 0.5) is 5.69 Å². The first-order valence-corrected chi connectivity index (χ1v) is 11.8. The van der Waals surface area contributed by atoms with Gasteiger partial charge in [-0.1, -0.05) is 42.5 Å². The summed E-state index contributed by atoms with van der Waals surface area (Å²) in [5.74, 6) is 2.24. The zero-order valence-electron chi connectivity index (χ0n) is 18.4. The lowest BCUT2D eigenvalue weighted by Crippen LogP contribution is -2.27. The number of pyridine rings is 1. The first kappa shape index (κ1) is 20.6. The molecular weight excluding hydrogens is 446 g/mol. The predicted molar refractivity (Wildman–Crippen MR) is 133 cm³/mol. The van der Waals surface area contributed by atoms with Gasteiger partial charge in [0.25, 0.3) is 0 Å². The molecule has 4 aromatic rings. The molecule has 0 saturated heterocycles. The molecule has 4 heterocycles. The summed E-state index contributed by atoms with van der Waals surface area (Å²) in [6.45, 7) is 0. The molecule has 168 valence electrons. The van der Waals surface area contributed by atoms with Crippen LogP contribution in [-0.4, -0.2) is 28.1 Å². The summed E-state index contributed by atoms with van der Waals surface area (Å²) in [4.78, 5) is 9.25. The molecule has 0 spiro atoms. The molecule has 0 aliphatic carbocycles. The van der Waals surface area contributed by atoms with Crippen molar-refractivity contribution in [2.75, 3.05) is 7.11 Å². The van der Waals surface area contributed by atoms with Crippen molar-refractivity contribution in [1.29, 1.82) is 0 Å². The van der Waals surface area contributed by atoms with Crippen LogP contribution in [-0.2, 0) is 5.75 Å². The normalized spacial score (nSPS) is 15.9. The van der Waals surface area contributed by atoms with Crippen LogP contribution >= 0.6 is 11.8 Å². The van der Waals surface area contributed by atoms with E-state index >= 15 is 0 Å². The quantitative estimate of drug-likeness (QED) is 0.392. The van der Waals surface area contributed by atoms with E-state index in [1.165, 1.54) is 0 Å². The third kappa shape index (κ3) is 3.34. The number of nitrogens with one attached hydrogen (secondary N) is 1. The Hall–Kier alpha value is -4.04. The minimum absolute atomic E-state index is 0.158. The van der Waals surface area contributed by atoms with Gasteiger partial charge in [0, 0.05) is 23.1 Å². The first-order chi connectivity index (χ1) is 16.7. The Bertz CT molecular complexity index is 1430. The Morgan fingerprint density at radius 1 is 1.09 bits per heavy atom. The highest BCUT2D eigenvalue weighted by atomic mass is 32.2. The minimum Gasteiger partial charge on any atom is -0.496 e. The number of methoxy groups -OCH3 is 1. The SMILES string of the molecule is COc1ccc2c(c1CSc1ccccn1)N=C(N)C1=COc3n[nH]c(-c4ccccc4)c3[C@H]12. The van der Waals surface area contributed by atoms with Crippen molar-refractivity contribution < 1.29 is 9.47 Å². The number of fused-ring (bicyclic) bond motifs is 5. The molecule has 0 saturated carbocycles. The number of amidine groups is 1. The fourth-order valence-electron chi connectivity index (χ4n) is 4.49.